The van der Waals surface area contributed by atoms with Crippen LogP contribution in [-0.2, 0) is 16.0 Å². The summed E-state index contributed by atoms with van der Waals surface area (Å²) in [6.07, 6.45) is 3.67. The van der Waals surface area contributed by atoms with E-state index in [2.05, 4.69) is 10.3 Å². The number of hydrogen-bond acceptors (Lipinski definition) is 4. The van der Waals surface area contributed by atoms with Gasteiger partial charge in [0.25, 0.3) is 0 Å². The highest BCUT2D eigenvalue weighted by Crippen LogP contribution is 2.24. The van der Waals surface area contributed by atoms with Crippen LogP contribution in [0.15, 0.2) is 30.5 Å². The second-order valence-electron chi connectivity index (χ2n) is 5.28. The van der Waals surface area contributed by atoms with Gasteiger partial charge in [0.05, 0.1) is 0 Å². The molecule has 6 heteroatoms. The highest BCUT2D eigenvalue weighted by atomic mass is 32.1. The number of thiazole rings is 1. The molecule has 4 nitrogen and oxygen atoms in total. The Balaban J connectivity index is 1.61. The number of carbonyl (C=O) groups excluding carboxylic acids is 1. The van der Waals surface area contributed by atoms with E-state index in [-0.39, 0.29) is 17.6 Å². The van der Waals surface area contributed by atoms with E-state index < -0.39 is 0 Å². The van der Waals surface area contributed by atoms with E-state index in [1.807, 2.05) is 6.07 Å². The summed E-state index contributed by atoms with van der Waals surface area (Å²) < 4.78 is 18.9. The highest BCUT2D eigenvalue weighted by Gasteiger charge is 2.22. The van der Waals surface area contributed by atoms with E-state index in [9.17, 15) is 9.18 Å². The van der Waals surface area contributed by atoms with E-state index in [1.165, 1.54) is 17.4 Å². The first-order valence-corrected chi connectivity index (χ1v) is 8.11. The molecule has 22 heavy (non-hydrogen) atoms. The van der Waals surface area contributed by atoms with Gasteiger partial charge in [-0.05, 0) is 24.5 Å². The van der Waals surface area contributed by atoms with Crippen molar-refractivity contribution >= 4 is 22.4 Å². The summed E-state index contributed by atoms with van der Waals surface area (Å²) in [6, 6.07) is 6.69. The van der Waals surface area contributed by atoms with Crippen LogP contribution in [0, 0.1) is 11.7 Å². The Labute approximate surface area is 132 Å². The lowest BCUT2D eigenvalue weighted by molar-refractivity contribution is -0.122. The SMILES string of the molecule is O=C(Nc1ncc(Cc2ccccc2F)s1)C1CCOCC1. The molecule has 1 fully saturated rings. The fraction of sp³-hybridized carbons (Fsp3) is 0.375. The third-order valence-electron chi connectivity index (χ3n) is 3.70. The van der Waals surface area contributed by atoms with Crippen molar-refractivity contribution in [2.75, 3.05) is 18.5 Å². The van der Waals surface area contributed by atoms with Crippen LogP contribution in [0.5, 0.6) is 0 Å². The van der Waals surface area contributed by atoms with Gasteiger partial charge in [-0.1, -0.05) is 18.2 Å². The molecular formula is C16H17FN2O2S. The van der Waals surface area contributed by atoms with E-state index in [0.29, 0.717) is 30.3 Å². The maximum absolute atomic E-state index is 13.6. The summed E-state index contributed by atoms with van der Waals surface area (Å²) in [6.45, 7) is 1.27. The molecule has 1 aromatic carbocycles. The lowest BCUT2D eigenvalue weighted by Crippen LogP contribution is -2.28. The summed E-state index contributed by atoms with van der Waals surface area (Å²) in [5, 5.41) is 3.42. The van der Waals surface area contributed by atoms with Gasteiger partial charge in [0.2, 0.25) is 5.91 Å². The number of hydrogen-bond donors (Lipinski definition) is 1. The van der Waals surface area contributed by atoms with Crippen molar-refractivity contribution in [1.29, 1.82) is 0 Å². The van der Waals surface area contributed by atoms with E-state index in [1.54, 1.807) is 18.3 Å². The minimum absolute atomic E-state index is 0.00454. The molecule has 1 aliphatic rings. The largest absolute Gasteiger partial charge is 0.381 e. The van der Waals surface area contributed by atoms with Crippen LogP contribution in [0.2, 0.25) is 0 Å². The molecule has 0 saturated carbocycles. The maximum Gasteiger partial charge on any atom is 0.229 e. The molecule has 0 unspecified atom stereocenters. The summed E-state index contributed by atoms with van der Waals surface area (Å²) >= 11 is 1.39. The minimum atomic E-state index is -0.219. The van der Waals surface area contributed by atoms with E-state index in [0.717, 1.165) is 17.7 Å². The monoisotopic (exact) mass is 320 g/mol. The van der Waals surface area contributed by atoms with Crippen molar-refractivity contribution in [3.05, 3.63) is 46.7 Å². The van der Waals surface area contributed by atoms with Gasteiger partial charge >= 0.3 is 0 Å². The first-order chi connectivity index (χ1) is 10.7. The summed E-state index contributed by atoms with van der Waals surface area (Å²) in [5.74, 6) is -0.230. The topological polar surface area (TPSA) is 51.2 Å². The first-order valence-electron chi connectivity index (χ1n) is 7.29. The second kappa shape index (κ2) is 6.98. The molecule has 3 rings (SSSR count). The van der Waals surface area contributed by atoms with Gasteiger partial charge in [0, 0.05) is 36.6 Å². The van der Waals surface area contributed by atoms with Crippen molar-refractivity contribution in [3.63, 3.8) is 0 Å². The smallest absolute Gasteiger partial charge is 0.229 e. The van der Waals surface area contributed by atoms with Crippen LogP contribution < -0.4 is 5.32 Å². The second-order valence-corrected chi connectivity index (χ2v) is 6.39. The average molecular weight is 320 g/mol. The number of halogens is 1. The number of nitrogens with one attached hydrogen (secondary N) is 1. The van der Waals surface area contributed by atoms with Gasteiger partial charge in [0.1, 0.15) is 5.82 Å². The Bertz CT molecular complexity index is 653. The Morgan fingerprint density at radius 2 is 2.14 bits per heavy atom. The fourth-order valence-corrected chi connectivity index (χ4v) is 3.28. The van der Waals surface area contributed by atoms with Crippen LogP contribution in [-0.4, -0.2) is 24.1 Å². The van der Waals surface area contributed by atoms with E-state index >= 15 is 0 Å². The molecule has 1 N–H and O–H groups in total. The Morgan fingerprint density at radius 3 is 2.91 bits per heavy atom. The predicted octanol–water partition coefficient (Wildman–Crippen LogP) is 3.24. The maximum atomic E-state index is 13.6. The van der Waals surface area contributed by atoms with Crippen LogP contribution in [0.4, 0.5) is 9.52 Å². The molecule has 1 saturated heterocycles. The van der Waals surface area contributed by atoms with Crippen molar-refractivity contribution in [1.82, 2.24) is 4.98 Å². The molecule has 1 aromatic heterocycles. The molecule has 2 aromatic rings. The average Bonchev–Trinajstić information content (AvgIpc) is 2.97. The summed E-state index contributed by atoms with van der Waals surface area (Å²) in [7, 11) is 0. The van der Waals surface area contributed by atoms with Gasteiger partial charge in [0.15, 0.2) is 5.13 Å². The van der Waals surface area contributed by atoms with Crippen molar-refractivity contribution in [2.45, 2.75) is 19.3 Å². The van der Waals surface area contributed by atoms with Crippen LogP contribution in [0.25, 0.3) is 0 Å². The molecule has 1 amide bonds. The Morgan fingerprint density at radius 1 is 1.36 bits per heavy atom. The molecule has 1 aliphatic heterocycles. The lowest BCUT2D eigenvalue weighted by atomic mass is 10.00. The van der Waals surface area contributed by atoms with Crippen molar-refractivity contribution in [3.8, 4) is 0 Å². The zero-order valence-corrected chi connectivity index (χ0v) is 12.9. The Kier molecular flexibility index (Phi) is 4.80. The standard InChI is InChI=1S/C16H17FN2O2S/c17-14-4-2-1-3-12(14)9-13-10-18-16(22-13)19-15(20)11-5-7-21-8-6-11/h1-4,10-11H,5-9H2,(H,18,19,20). The summed E-state index contributed by atoms with van der Waals surface area (Å²) in [4.78, 5) is 17.3. The van der Waals surface area contributed by atoms with Gasteiger partial charge in [-0.25, -0.2) is 9.37 Å². The normalized spacial score (nSPS) is 15.7. The molecule has 0 aliphatic carbocycles. The number of rotatable bonds is 4. The number of aromatic nitrogens is 1. The third-order valence-corrected chi connectivity index (χ3v) is 4.61. The quantitative estimate of drug-likeness (QED) is 0.941. The molecule has 0 bridgehead atoms. The van der Waals surface area contributed by atoms with Gasteiger partial charge in [-0.15, -0.1) is 11.3 Å². The lowest BCUT2D eigenvalue weighted by Gasteiger charge is -2.20. The van der Waals surface area contributed by atoms with Crippen LogP contribution in [0.1, 0.15) is 23.3 Å². The molecule has 2 heterocycles. The molecule has 0 radical (unpaired) electrons. The van der Waals surface area contributed by atoms with Gasteiger partial charge in [-0.2, -0.15) is 0 Å². The highest BCUT2D eigenvalue weighted by molar-refractivity contribution is 7.15. The zero-order chi connectivity index (χ0) is 15.4. The summed E-state index contributed by atoms with van der Waals surface area (Å²) in [5.41, 5.74) is 0.633. The first kappa shape index (κ1) is 15.1. The van der Waals surface area contributed by atoms with Crippen LogP contribution in [0.3, 0.4) is 0 Å². The number of anilines is 1. The van der Waals surface area contributed by atoms with Gasteiger partial charge in [-0.3, -0.25) is 4.79 Å². The number of benzene rings is 1. The van der Waals surface area contributed by atoms with Crippen molar-refractivity contribution < 1.29 is 13.9 Å². The zero-order valence-electron chi connectivity index (χ0n) is 12.0. The van der Waals surface area contributed by atoms with Crippen molar-refractivity contribution in [2.24, 2.45) is 5.92 Å². The number of carbonyl (C=O) groups is 1. The number of ether oxygens (including phenoxy) is 1. The predicted molar refractivity (Wildman–Crippen MR) is 83.5 cm³/mol. The van der Waals surface area contributed by atoms with Crippen LogP contribution >= 0.6 is 11.3 Å². The van der Waals surface area contributed by atoms with Gasteiger partial charge < -0.3 is 10.1 Å². The fourth-order valence-electron chi connectivity index (χ4n) is 2.44. The molecular weight excluding hydrogens is 303 g/mol. The number of nitrogens with zero attached hydrogens (tertiary/aromatic N) is 1. The van der Waals surface area contributed by atoms with E-state index in [4.69, 9.17) is 4.74 Å². The minimum Gasteiger partial charge on any atom is -0.381 e. The molecule has 116 valence electrons. The Hall–Kier alpha value is -1.79. The third kappa shape index (κ3) is 3.69. The molecule has 0 atom stereocenters. The molecule has 0 spiro atoms. The number of amides is 1.